The van der Waals surface area contributed by atoms with Gasteiger partial charge < -0.3 is 15.0 Å². The summed E-state index contributed by atoms with van der Waals surface area (Å²) in [6, 6.07) is 17.5. The standard InChI is InChI=1S/C22H22N4O2/c1-15-13-16-7-3-5-9-19(16)26(15)21(27)18-11-12-23-22(25-18)24-14-17-8-4-6-10-20(17)28-2/h3-12,15H,13-14H2,1-2H3,(H,23,24,25). The maximum absolute atomic E-state index is 13.1. The van der Waals surface area contributed by atoms with Gasteiger partial charge in [0.15, 0.2) is 0 Å². The quantitative estimate of drug-likeness (QED) is 0.738. The lowest BCUT2D eigenvalue weighted by Crippen LogP contribution is -2.36. The van der Waals surface area contributed by atoms with Gasteiger partial charge in [0.25, 0.3) is 5.91 Å². The summed E-state index contributed by atoms with van der Waals surface area (Å²) in [4.78, 5) is 23.6. The van der Waals surface area contributed by atoms with Crippen molar-refractivity contribution in [3.63, 3.8) is 0 Å². The predicted molar refractivity (Wildman–Crippen MR) is 109 cm³/mol. The van der Waals surface area contributed by atoms with Gasteiger partial charge in [0.1, 0.15) is 11.4 Å². The molecule has 0 spiro atoms. The molecule has 1 aromatic heterocycles. The van der Waals surface area contributed by atoms with Crippen molar-refractivity contribution in [1.82, 2.24) is 9.97 Å². The van der Waals surface area contributed by atoms with Gasteiger partial charge in [-0.25, -0.2) is 9.97 Å². The Hall–Kier alpha value is -3.41. The molecule has 1 N–H and O–H groups in total. The van der Waals surface area contributed by atoms with Gasteiger partial charge in [-0.15, -0.1) is 0 Å². The number of hydrogen-bond acceptors (Lipinski definition) is 5. The monoisotopic (exact) mass is 374 g/mol. The molecule has 1 atom stereocenters. The second kappa shape index (κ2) is 7.68. The number of benzene rings is 2. The highest BCUT2D eigenvalue weighted by Crippen LogP contribution is 2.32. The van der Waals surface area contributed by atoms with E-state index in [9.17, 15) is 4.79 Å². The van der Waals surface area contributed by atoms with Crippen LogP contribution < -0.4 is 15.0 Å². The first kappa shape index (κ1) is 18.0. The molecular weight excluding hydrogens is 352 g/mol. The van der Waals surface area contributed by atoms with E-state index in [1.54, 1.807) is 19.4 Å². The Morgan fingerprint density at radius 3 is 2.82 bits per heavy atom. The summed E-state index contributed by atoms with van der Waals surface area (Å²) >= 11 is 0. The molecule has 4 rings (SSSR count). The summed E-state index contributed by atoms with van der Waals surface area (Å²) in [6.45, 7) is 2.56. The van der Waals surface area contributed by atoms with Crippen LogP contribution in [0.5, 0.6) is 5.75 Å². The van der Waals surface area contributed by atoms with E-state index in [0.717, 1.165) is 23.4 Å². The fourth-order valence-electron chi connectivity index (χ4n) is 3.58. The smallest absolute Gasteiger partial charge is 0.277 e. The van der Waals surface area contributed by atoms with Crippen LogP contribution in [0.1, 0.15) is 28.5 Å². The van der Waals surface area contributed by atoms with E-state index in [1.807, 2.05) is 47.4 Å². The van der Waals surface area contributed by atoms with E-state index in [-0.39, 0.29) is 11.9 Å². The van der Waals surface area contributed by atoms with E-state index in [0.29, 0.717) is 18.2 Å². The van der Waals surface area contributed by atoms with Crippen molar-refractivity contribution in [2.45, 2.75) is 25.9 Å². The first-order valence-corrected chi connectivity index (χ1v) is 9.27. The zero-order chi connectivity index (χ0) is 19.5. The molecule has 1 amide bonds. The van der Waals surface area contributed by atoms with Crippen molar-refractivity contribution < 1.29 is 9.53 Å². The van der Waals surface area contributed by atoms with Gasteiger partial charge in [-0.2, -0.15) is 0 Å². The Kier molecular flexibility index (Phi) is 4.93. The summed E-state index contributed by atoms with van der Waals surface area (Å²) in [5, 5.41) is 3.18. The van der Waals surface area contributed by atoms with Crippen LogP contribution in [0.4, 0.5) is 11.6 Å². The highest BCUT2D eigenvalue weighted by atomic mass is 16.5. The van der Waals surface area contributed by atoms with Gasteiger partial charge in [-0.1, -0.05) is 36.4 Å². The molecule has 2 aromatic carbocycles. The fraction of sp³-hybridized carbons (Fsp3) is 0.227. The molecule has 0 fully saturated rings. The van der Waals surface area contributed by atoms with Gasteiger partial charge in [-0.05, 0) is 37.1 Å². The van der Waals surface area contributed by atoms with Gasteiger partial charge in [0.2, 0.25) is 5.95 Å². The molecule has 0 bridgehead atoms. The van der Waals surface area contributed by atoms with Crippen LogP contribution in [0, 0.1) is 0 Å². The van der Waals surface area contributed by atoms with E-state index in [2.05, 4.69) is 28.3 Å². The highest BCUT2D eigenvalue weighted by molar-refractivity contribution is 6.06. The number of fused-ring (bicyclic) bond motifs is 1. The average Bonchev–Trinajstić information content (AvgIpc) is 3.07. The molecule has 28 heavy (non-hydrogen) atoms. The number of methoxy groups -OCH3 is 1. The Balaban J connectivity index is 1.53. The number of aromatic nitrogens is 2. The van der Waals surface area contributed by atoms with Gasteiger partial charge in [0, 0.05) is 30.0 Å². The summed E-state index contributed by atoms with van der Waals surface area (Å²) in [5.41, 5.74) is 3.52. The molecular formula is C22H22N4O2. The predicted octanol–water partition coefficient (Wildman–Crippen LogP) is 3.69. The number of hydrogen-bond donors (Lipinski definition) is 1. The number of nitrogens with one attached hydrogen (secondary N) is 1. The summed E-state index contributed by atoms with van der Waals surface area (Å²) in [7, 11) is 1.64. The SMILES string of the molecule is COc1ccccc1CNc1nccc(C(=O)N2c3ccccc3CC2C)n1. The van der Waals surface area contributed by atoms with Crippen molar-refractivity contribution in [2.75, 3.05) is 17.3 Å². The van der Waals surface area contributed by atoms with E-state index < -0.39 is 0 Å². The maximum atomic E-state index is 13.1. The molecule has 0 saturated heterocycles. The molecule has 3 aromatic rings. The number of anilines is 2. The Morgan fingerprint density at radius 2 is 1.96 bits per heavy atom. The van der Waals surface area contributed by atoms with E-state index in [4.69, 9.17) is 4.74 Å². The lowest BCUT2D eigenvalue weighted by atomic mass is 10.1. The van der Waals surface area contributed by atoms with Crippen LogP contribution in [0.25, 0.3) is 0 Å². The Bertz CT molecular complexity index is 1010. The summed E-state index contributed by atoms with van der Waals surface area (Å²) in [5.74, 6) is 1.10. The van der Waals surface area contributed by atoms with Crippen molar-refractivity contribution in [2.24, 2.45) is 0 Å². The number of amides is 1. The number of carbonyl (C=O) groups is 1. The van der Waals surface area contributed by atoms with Gasteiger partial charge >= 0.3 is 0 Å². The molecule has 6 nitrogen and oxygen atoms in total. The van der Waals surface area contributed by atoms with Crippen LogP contribution in [-0.4, -0.2) is 29.0 Å². The van der Waals surface area contributed by atoms with Crippen LogP contribution in [0.3, 0.4) is 0 Å². The van der Waals surface area contributed by atoms with Crippen molar-refractivity contribution >= 4 is 17.5 Å². The molecule has 6 heteroatoms. The average molecular weight is 374 g/mol. The van der Waals surface area contributed by atoms with Crippen molar-refractivity contribution in [3.05, 3.63) is 77.6 Å². The second-order valence-electron chi connectivity index (χ2n) is 6.79. The highest BCUT2D eigenvalue weighted by Gasteiger charge is 2.31. The van der Waals surface area contributed by atoms with Crippen LogP contribution >= 0.6 is 0 Å². The first-order chi connectivity index (χ1) is 13.7. The van der Waals surface area contributed by atoms with E-state index >= 15 is 0 Å². The molecule has 0 radical (unpaired) electrons. The topological polar surface area (TPSA) is 67.3 Å². The summed E-state index contributed by atoms with van der Waals surface area (Å²) < 4.78 is 5.37. The van der Waals surface area contributed by atoms with Gasteiger partial charge in [0.05, 0.1) is 7.11 Å². The molecule has 2 heterocycles. The van der Waals surface area contributed by atoms with Crippen LogP contribution in [0.15, 0.2) is 60.8 Å². The fourth-order valence-corrected chi connectivity index (χ4v) is 3.58. The minimum Gasteiger partial charge on any atom is -0.496 e. The van der Waals surface area contributed by atoms with Crippen LogP contribution in [-0.2, 0) is 13.0 Å². The number of nitrogens with zero attached hydrogens (tertiary/aromatic N) is 3. The third-order valence-corrected chi connectivity index (χ3v) is 4.93. The van der Waals surface area contributed by atoms with Crippen molar-refractivity contribution in [1.29, 1.82) is 0 Å². The number of para-hydroxylation sites is 2. The molecule has 0 aliphatic carbocycles. The second-order valence-corrected chi connectivity index (χ2v) is 6.79. The zero-order valence-electron chi connectivity index (χ0n) is 15.9. The third-order valence-electron chi connectivity index (χ3n) is 4.93. The molecule has 1 aliphatic rings. The molecule has 142 valence electrons. The largest absolute Gasteiger partial charge is 0.496 e. The van der Waals surface area contributed by atoms with E-state index in [1.165, 1.54) is 5.56 Å². The maximum Gasteiger partial charge on any atom is 0.277 e. The Labute approximate surface area is 164 Å². The first-order valence-electron chi connectivity index (χ1n) is 9.27. The number of carbonyl (C=O) groups excluding carboxylic acids is 1. The third kappa shape index (κ3) is 3.41. The molecule has 1 unspecified atom stereocenters. The van der Waals surface area contributed by atoms with Crippen molar-refractivity contribution in [3.8, 4) is 5.75 Å². The molecule has 0 saturated carbocycles. The zero-order valence-corrected chi connectivity index (χ0v) is 15.9. The number of rotatable bonds is 5. The normalized spacial score (nSPS) is 15.2. The minimum absolute atomic E-state index is 0.102. The van der Waals surface area contributed by atoms with Crippen LogP contribution in [0.2, 0.25) is 0 Å². The molecule has 1 aliphatic heterocycles. The van der Waals surface area contributed by atoms with Gasteiger partial charge in [-0.3, -0.25) is 4.79 Å². The minimum atomic E-state index is -0.111. The lowest BCUT2D eigenvalue weighted by Gasteiger charge is -2.22. The number of ether oxygens (including phenoxy) is 1. The lowest BCUT2D eigenvalue weighted by molar-refractivity contribution is 0.0976. The summed E-state index contributed by atoms with van der Waals surface area (Å²) in [6.07, 6.45) is 2.46. The Morgan fingerprint density at radius 1 is 1.18 bits per heavy atom.